The van der Waals surface area contributed by atoms with Crippen molar-refractivity contribution in [2.24, 2.45) is 5.41 Å². The second-order valence-electron chi connectivity index (χ2n) is 7.07. The molecule has 5 nitrogen and oxygen atoms in total. The molecular weight excluding hydrogens is 366 g/mol. The molecule has 1 amide bonds. The van der Waals surface area contributed by atoms with Crippen LogP contribution in [-0.4, -0.2) is 36.5 Å². The Morgan fingerprint density at radius 1 is 1.33 bits per heavy atom. The fourth-order valence-corrected chi connectivity index (χ4v) is 3.96. The fraction of sp³-hybridized carbons (Fsp3) is 0.429. The van der Waals surface area contributed by atoms with Crippen molar-refractivity contribution in [3.8, 4) is 0 Å². The van der Waals surface area contributed by atoms with Crippen LogP contribution in [0.25, 0.3) is 0 Å². The zero-order valence-electron chi connectivity index (χ0n) is 15.7. The molecule has 0 radical (unpaired) electrons. The number of carbonyl (C=O) groups is 2. The third-order valence-corrected chi connectivity index (χ3v) is 5.30. The first-order valence-corrected chi connectivity index (χ1v) is 9.58. The summed E-state index contributed by atoms with van der Waals surface area (Å²) >= 11 is 6.12. The van der Waals surface area contributed by atoms with E-state index < -0.39 is 5.41 Å². The minimum Gasteiger partial charge on any atom is -0.466 e. The summed E-state index contributed by atoms with van der Waals surface area (Å²) in [5, 5.41) is 0.626. The predicted octanol–water partition coefficient (Wildman–Crippen LogP) is 4.27. The lowest BCUT2D eigenvalue weighted by Gasteiger charge is -2.41. The van der Waals surface area contributed by atoms with Crippen LogP contribution in [0, 0.1) is 12.3 Å². The van der Waals surface area contributed by atoms with Gasteiger partial charge in [0.15, 0.2) is 5.76 Å². The van der Waals surface area contributed by atoms with Crippen molar-refractivity contribution < 1.29 is 18.7 Å². The Bertz CT molecular complexity index is 831. The summed E-state index contributed by atoms with van der Waals surface area (Å²) in [4.78, 5) is 27.5. The van der Waals surface area contributed by atoms with Crippen molar-refractivity contribution in [3.05, 3.63) is 58.5 Å². The Balaban J connectivity index is 1.89. The molecule has 0 saturated carbocycles. The van der Waals surface area contributed by atoms with Crippen molar-refractivity contribution >= 4 is 23.5 Å². The van der Waals surface area contributed by atoms with E-state index in [-0.39, 0.29) is 11.9 Å². The normalized spacial score (nSPS) is 19.7. The zero-order chi connectivity index (χ0) is 19.4. The number of halogens is 1. The summed E-state index contributed by atoms with van der Waals surface area (Å²) in [5.41, 5.74) is 0.968. The van der Waals surface area contributed by atoms with E-state index in [0.717, 1.165) is 17.5 Å². The lowest BCUT2D eigenvalue weighted by molar-refractivity contribution is -0.158. The fourth-order valence-electron chi connectivity index (χ4n) is 3.75. The van der Waals surface area contributed by atoms with Crippen LogP contribution < -0.4 is 0 Å². The number of aryl methyl sites for hydroxylation is 1. The molecule has 0 spiro atoms. The van der Waals surface area contributed by atoms with Gasteiger partial charge in [-0.25, -0.2) is 0 Å². The molecule has 0 N–H and O–H groups in total. The number of nitrogens with zero attached hydrogens (tertiary/aromatic N) is 1. The number of carbonyl (C=O) groups excluding carboxylic acids is 2. The Hall–Kier alpha value is -2.27. The van der Waals surface area contributed by atoms with Crippen LogP contribution >= 0.6 is 11.6 Å². The number of piperidine rings is 1. The minimum absolute atomic E-state index is 0.183. The molecule has 1 aromatic carbocycles. The maximum absolute atomic E-state index is 12.9. The van der Waals surface area contributed by atoms with E-state index >= 15 is 0 Å². The van der Waals surface area contributed by atoms with Gasteiger partial charge in [-0.2, -0.15) is 0 Å². The maximum Gasteiger partial charge on any atom is 0.314 e. The number of hydrogen-bond acceptors (Lipinski definition) is 4. The number of benzene rings is 1. The van der Waals surface area contributed by atoms with Gasteiger partial charge in [0.2, 0.25) is 0 Å². The Kier molecular flexibility index (Phi) is 5.90. The molecule has 3 rings (SSSR count). The van der Waals surface area contributed by atoms with Crippen LogP contribution in [0.3, 0.4) is 0 Å². The Morgan fingerprint density at radius 3 is 2.81 bits per heavy atom. The molecule has 1 aliphatic heterocycles. The van der Waals surface area contributed by atoms with Crippen LogP contribution in [0.1, 0.15) is 41.4 Å². The highest BCUT2D eigenvalue weighted by Gasteiger charge is 2.45. The summed E-state index contributed by atoms with van der Waals surface area (Å²) in [6.07, 6.45) is 3.38. The van der Waals surface area contributed by atoms with Crippen molar-refractivity contribution in [1.29, 1.82) is 0 Å². The van der Waals surface area contributed by atoms with Crippen LogP contribution in [0.5, 0.6) is 0 Å². The summed E-state index contributed by atoms with van der Waals surface area (Å²) < 4.78 is 10.8. The van der Waals surface area contributed by atoms with E-state index in [2.05, 4.69) is 0 Å². The largest absolute Gasteiger partial charge is 0.466 e. The Morgan fingerprint density at radius 2 is 2.15 bits per heavy atom. The molecule has 6 heteroatoms. The molecule has 2 heterocycles. The second-order valence-corrected chi connectivity index (χ2v) is 7.51. The second kappa shape index (κ2) is 8.17. The van der Waals surface area contributed by atoms with E-state index in [1.165, 1.54) is 6.26 Å². The highest BCUT2D eigenvalue weighted by atomic mass is 35.5. The van der Waals surface area contributed by atoms with E-state index in [4.69, 9.17) is 20.8 Å². The summed E-state index contributed by atoms with van der Waals surface area (Å²) in [5.74, 6) is -0.118. The van der Waals surface area contributed by atoms with Crippen LogP contribution in [0.2, 0.25) is 5.02 Å². The Labute approximate surface area is 164 Å². The van der Waals surface area contributed by atoms with E-state index in [0.29, 0.717) is 43.3 Å². The summed E-state index contributed by atoms with van der Waals surface area (Å²) in [6.45, 7) is 4.84. The number of esters is 1. The first kappa shape index (κ1) is 19.5. The molecule has 0 bridgehead atoms. The monoisotopic (exact) mass is 389 g/mol. The predicted molar refractivity (Wildman–Crippen MR) is 103 cm³/mol. The molecule has 1 aliphatic rings. The lowest BCUT2D eigenvalue weighted by Crippen LogP contribution is -2.51. The van der Waals surface area contributed by atoms with Crippen LogP contribution in [0.4, 0.5) is 0 Å². The summed E-state index contributed by atoms with van der Waals surface area (Å²) in [6, 6.07) is 9.25. The molecule has 0 unspecified atom stereocenters. The van der Waals surface area contributed by atoms with Gasteiger partial charge < -0.3 is 14.1 Å². The zero-order valence-corrected chi connectivity index (χ0v) is 16.4. The minimum atomic E-state index is -0.783. The van der Waals surface area contributed by atoms with Crippen molar-refractivity contribution in [2.45, 2.75) is 33.1 Å². The topological polar surface area (TPSA) is 59.8 Å². The number of rotatable bonds is 5. The number of amides is 1. The standard InChI is InChI=1S/C21H24ClNO4/c1-3-26-20(25)21(13-16-6-4-7-17(22)12-16)9-5-10-23(14-21)19(24)18-15(2)8-11-27-18/h4,6-8,11-12H,3,5,9-10,13-14H2,1-2H3/t21-/m1/s1. The van der Waals surface area contributed by atoms with Gasteiger partial charge in [-0.05, 0) is 56.9 Å². The molecular formula is C21H24ClNO4. The number of furan rings is 1. The number of hydrogen-bond donors (Lipinski definition) is 0. The molecule has 1 atom stereocenters. The van der Waals surface area contributed by atoms with Gasteiger partial charge in [-0.3, -0.25) is 9.59 Å². The quantitative estimate of drug-likeness (QED) is 0.716. The molecule has 2 aromatic rings. The van der Waals surface area contributed by atoms with Gasteiger partial charge in [-0.1, -0.05) is 23.7 Å². The molecule has 0 aliphatic carbocycles. The van der Waals surface area contributed by atoms with Gasteiger partial charge in [0, 0.05) is 23.7 Å². The highest BCUT2D eigenvalue weighted by Crippen LogP contribution is 2.36. The molecule has 144 valence electrons. The first-order chi connectivity index (χ1) is 12.9. The smallest absolute Gasteiger partial charge is 0.314 e. The van der Waals surface area contributed by atoms with Crippen molar-refractivity contribution in [3.63, 3.8) is 0 Å². The van der Waals surface area contributed by atoms with Gasteiger partial charge in [0.25, 0.3) is 5.91 Å². The van der Waals surface area contributed by atoms with Crippen LogP contribution in [-0.2, 0) is 16.0 Å². The number of likely N-dealkylation sites (tertiary alicyclic amines) is 1. The van der Waals surface area contributed by atoms with E-state index in [1.54, 1.807) is 24.0 Å². The summed E-state index contributed by atoms with van der Waals surface area (Å²) in [7, 11) is 0. The number of ether oxygens (including phenoxy) is 1. The van der Waals surface area contributed by atoms with Gasteiger partial charge in [-0.15, -0.1) is 0 Å². The SMILES string of the molecule is CCOC(=O)[C@@]1(Cc2cccc(Cl)c2)CCCN(C(=O)c2occc2C)C1. The van der Waals surface area contributed by atoms with Crippen LogP contribution in [0.15, 0.2) is 41.0 Å². The average molecular weight is 390 g/mol. The van der Waals surface area contributed by atoms with Gasteiger partial charge in [0.05, 0.1) is 18.3 Å². The molecule has 27 heavy (non-hydrogen) atoms. The molecule has 1 saturated heterocycles. The third-order valence-electron chi connectivity index (χ3n) is 5.06. The van der Waals surface area contributed by atoms with E-state index in [9.17, 15) is 9.59 Å². The molecule has 1 fully saturated rings. The first-order valence-electron chi connectivity index (χ1n) is 9.20. The third kappa shape index (κ3) is 4.19. The van der Waals surface area contributed by atoms with Crippen molar-refractivity contribution in [1.82, 2.24) is 4.90 Å². The van der Waals surface area contributed by atoms with Crippen molar-refractivity contribution in [2.75, 3.05) is 19.7 Å². The van der Waals surface area contributed by atoms with Gasteiger partial charge >= 0.3 is 5.97 Å². The van der Waals surface area contributed by atoms with E-state index in [1.807, 2.05) is 25.1 Å². The van der Waals surface area contributed by atoms with Gasteiger partial charge in [0.1, 0.15) is 0 Å². The lowest BCUT2D eigenvalue weighted by atomic mass is 9.75. The molecule has 1 aromatic heterocycles. The maximum atomic E-state index is 12.9. The highest BCUT2D eigenvalue weighted by molar-refractivity contribution is 6.30. The average Bonchev–Trinajstić information content (AvgIpc) is 3.07.